The van der Waals surface area contributed by atoms with Gasteiger partial charge in [-0.2, -0.15) is 0 Å². The quantitative estimate of drug-likeness (QED) is 0.595. The number of nitrogens with one attached hydrogen (secondary N) is 1. The van der Waals surface area contributed by atoms with E-state index in [0.29, 0.717) is 31.0 Å². The van der Waals surface area contributed by atoms with Crippen LogP contribution in [0.5, 0.6) is 5.75 Å². The summed E-state index contributed by atoms with van der Waals surface area (Å²) in [6.07, 6.45) is 1.65. The number of carbonyl (C=O) groups excluding carboxylic acids is 1. The zero-order valence-corrected chi connectivity index (χ0v) is 18.0. The van der Waals surface area contributed by atoms with Crippen molar-refractivity contribution in [3.63, 3.8) is 0 Å². The topological polar surface area (TPSA) is 84.9 Å². The van der Waals surface area contributed by atoms with E-state index in [1.54, 1.807) is 24.3 Å². The second-order valence-corrected chi connectivity index (χ2v) is 8.70. The van der Waals surface area contributed by atoms with Crippen LogP contribution in [-0.4, -0.2) is 58.9 Å². The first-order chi connectivity index (χ1) is 13.7. The van der Waals surface area contributed by atoms with E-state index in [0.717, 1.165) is 11.8 Å². The zero-order valence-electron chi connectivity index (χ0n) is 17.2. The van der Waals surface area contributed by atoms with Crippen LogP contribution in [0.1, 0.15) is 11.1 Å². The molecule has 2 rings (SSSR count). The van der Waals surface area contributed by atoms with Gasteiger partial charge in [-0.15, -0.1) is 0 Å². The van der Waals surface area contributed by atoms with Crippen LogP contribution in [0.15, 0.2) is 48.5 Å². The van der Waals surface area contributed by atoms with E-state index < -0.39 is 16.1 Å². The van der Waals surface area contributed by atoms with Gasteiger partial charge in [0, 0.05) is 12.2 Å². The first kappa shape index (κ1) is 22.7. The van der Waals surface area contributed by atoms with Crippen molar-refractivity contribution in [2.24, 2.45) is 0 Å². The molecule has 0 aliphatic heterocycles. The molecule has 0 aliphatic carbocycles. The molecule has 0 aliphatic rings. The van der Waals surface area contributed by atoms with Gasteiger partial charge in [-0.3, -0.25) is 14.4 Å². The van der Waals surface area contributed by atoms with E-state index in [4.69, 9.17) is 9.47 Å². The molecule has 8 heteroatoms. The summed E-state index contributed by atoms with van der Waals surface area (Å²) in [5.74, 6) is 0.329. The average Bonchev–Trinajstić information content (AvgIpc) is 2.67. The van der Waals surface area contributed by atoms with Gasteiger partial charge in [0.05, 0.1) is 13.4 Å². The second-order valence-electron chi connectivity index (χ2n) is 6.96. The molecule has 1 N–H and O–H groups in total. The second kappa shape index (κ2) is 10.3. The Morgan fingerprint density at radius 2 is 1.72 bits per heavy atom. The van der Waals surface area contributed by atoms with Gasteiger partial charge >= 0.3 is 5.97 Å². The summed E-state index contributed by atoms with van der Waals surface area (Å²) in [4.78, 5) is 14.2. The number of anilines is 1. The summed E-state index contributed by atoms with van der Waals surface area (Å²) in [5.41, 5.74) is 2.71. The Morgan fingerprint density at radius 1 is 1.10 bits per heavy atom. The van der Waals surface area contributed by atoms with Crippen molar-refractivity contribution in [1.29, 1.82) is 0 Å². The number of rotatable bonds is 10. The van der Waals surface area contributed by atoms with Crippen LogP contribution in [-0.2, 0) is 26.0 Å². The number of hydrogen-bond donors (Lipinski definition) is 1. The number of carbonyl (C=O) groups is 1. The molecule has 2 aromatic carbocycles. The van der Waals surface area contributed by atoms with Crippen molar-refractivity contribution in [3.8, 4) is 5.75 Å². The van der Waals surface area contributed by atoms with E-state index in [1.807, 2.05) is 43.1 Å². The highest BCUT2D eigenvalue weighted by Crippen LogP contribution is 2.17. The molecule has 0 bridgehead atoms. The van der Waals surface area contributed by atoms with Crippen LogP contribution in [0, 0.1) is 6.92 Å². The molecule has 0 radical (unpaired) electrons. The van der Waals surface area contributed by atoms with Crippen LogP contribution in [0.4, 0.5) is 5.69 Å². The van der Waals surface area contributed by atoms with Gasteiger partial charge in [0.25, 0.3) is 0 Å². The van der Waals surface area contributed by atoms with Crippen molar-refractivity contribution in [1.82, 2.24) is 4.90 Å². The predicted molar refractivity (Wildman–Crippen MR) is 114 cm³/mol. The van der Waals surface area contributed by atoms with Gasteiger partial charge in [-0.25, -0.2) is 8.42 Å². The molecule has 1 atom stereocenters. The number of sulfonamides is 1. The third-order valence-electron chi connectivity index (χ3n) is 4.43. The Kier molecular flexibility index (Phi) is 8.04. The summed E-state index contributed by atoms with van der Waals surface area (Å²) in [6, 6.07) is 14.3. The maximum atomic E-state index is 12.2. The molecule has 0 fully saturated rings. The largest absolute Gasteiger partial charge is 0.492 e. The molecule has 2 aromatic rings. The van der Waals surface area contributed by atoms with Gasteiger partial charge < -0.3 is 9.47 Å². The van der Waals surface area contributed by atoms with Gasteiger partial charge in [0.1, 0.15) is 18.4 Å². The SMILES string of the molecule is COC(=O)C(Cc1ccc(C)cc1)N(C)CCOc1ccc(NS(C)(=O)=O)cc1. The molecule has 0 aromatic heterocycles. The smallest absolute Gasteiger partial charge is 0.323 e. The number of nitrogens with zero attached hydrogens (tertiary/aromatic N) is 1. The lowest BCUT2D eigenvalue weighted by atomic mass is 10.0. The molecule has 0 amide bonds. The maximum absolute atomic E-state index is 12.2. The predicted octanol–water partition coefficient (Wildman–Crippen LogP) is 2.46. The van der Waals surface area contributed by atoms with E-state index in [9.17, 15) is 13.2 Å². The number of methoxy groups -OCH3 is 1. The highest BCUT2D eigenvalue weighted by Gasteiger charge is 2.24. The third kappa shape index (κ3) is 7.75. The number of ether oxygens (including phenoxy) is 2. The fourth-order valence-electron chi connectivity index (χ4n) is 2.80. The monoisotopic (exact) mass is 420 g/mol. The number of benzene rings is 2. The average molecular weight is 421 g/mol. The van der Waals surface area contributed by atoms with Crippen LogP contribution in [0.2, 0.25) is 0 Å². The summed E-state index contributed by atoms with van der Waals surface area (Å²) in [7, 11) is -0.0589. The molecule has 158 valence electrons. The standard InChI is InChI=1S/C21H28N2O5S/c1-16-5-7-17(8-6-16)15-20(21(24)27-3)23(2)13-14-28-19-11-9-18(10-12-19)22-29(4,25)26/h5-12,20,22H,13-15H2,1-4H3. The van der Waals surface area contributed by atoms with Crippen molar-refractivity contribution >= 4 is 21.7 Å². The van der Waals surface area contributed by atoms with E-state index in [1.165, 1.54) is 12.7 Å². The lowest BCUT2D eigenvalue weighted by Crippen LogP contribution is -2.42. The number of esters is 1. The zero-order chi connectivity index (χ0) is 21.4. The molecule has 7 nitrogen and oxygen atoms in total. The normalized spacial score (nSPS) is 12.4. The Hall–Kier alpha value is -2.58. The fraction of sp³-hybridized carbons (Fsp3) is 0.381. The lowest BCUT2D eigenvalue weighted by molar-refractivity contribution is -0.146. The lowest BCUT2D eigenvalue weighted by Gasteiger charge is -2.26. The molecule has 0 spiro atoms. The van der Waals surface area contributed by atoms with E-state index in [-0.39, 0.29) is 5.97 Å². The van der Waals surface area contributed by atoms with Crippen molar-refractivity contribution in [2.45, 2.75) is 19.4 Å². The van der Waals surface area contributed by atoms with Crippen molar-refractivity contribution in [3.05, 3.63) is 59.7 Å². The minimum Gasteiger partial charge on any atom is -0.492 e. The van der Waals surface area contributed by atoms with Crippen molar-refractivity contribution < 1.29 is 22.7 Å². The number of hydrogen-bond acceptors (Lipinski definition) is 6. The molecule has 0 saturated carbocycles. The van der Waals surface area contributed by atoms with Crippen LogP contribution in [0.25, 0.3) is 0 Å². The third-order valence-corrected chi connectivity index (χ3v) is 5.03. The first-order valence-electron chi connectivity index (χ1n) is 9.22. The highest BCUT2D eigenvalue weighted by atomic mass is 32.2. The fourth-order valence-corrected chi connectivity index (χ4v) is 3.36. The molecule has 0 saturated heterocycles. The molecular weight excluding hydrogens is 392 g/mol. The summed E-state index contributed by atoms with van der Waals surface area (Å²) < 4.78 is 35.6. The first-order valence-corrected chi connectivity index (χ1v) is 11.1. The summed E-state index contributed by atoms with van der Waals surface area (Å²) in [6.45, 7) is 2.92. The van der Waals surface area contributed by atoms with Gasteiger partial charge in [-0.05, 0) is 50.2 Å². The minimum atomic E-state index is -3.31. The Balaban J connectivity index is 1.91. The maximum Gasteiger partial charge on any atom is 0.323 e. The Labute approximate surface area is 172 Å². The van der Waals surface area contributed by atoms with E-state index >= 15 is 0 Å². The van der Waals surface area contributed by atoms with Crippen molar-refractivity contribution in [2.75, 3.05) is 38.3 Å². The molecular formula is C21H28N2O5S. The van der Waals surface area contributed by atoms with Gasteiger partial charge in [0.2, 0.25) is 10.0 Å². The Morgan fingerprint density at radius 3 is 2.28 bits per heavy atom. The Bertz CT molecular complexity index is 896. The molecule has 29 heavy (non-hydrogen) atoms. The molecule has 1 unspecified atom stereocenters. The van der Waals surface area contributed by atoms with Gasteiger partial charge in [0.15, 0.2) is 0 Å². The number of likely N-dealkylation sites (N-methyl/N-ethyl adjacent to an activating group) is 1. The summed E-state index contributed by atoms with van der Waals surface area (Å²) >= 11 is 0. The summed E-state index contributed by atoms with van der Waals surface area (Å²) in [5, 5.41) is 0. The van der Waals surface area contributed by atoms with E-state index in [2.05, 4.69) is 4.72 Å². The highest BCUT2D eigenvalue weighted by molar-refractivity contribution is 7.92. The van der Waals surface area contributed by atoms with Crippen LogP contribution in [0.3, 0.4) is 0 Å². The number of aryl methyl sites for hydroxylation is 1. The molecule has 0 heterocycles. The van der Waals surface area contributed by atoms with Crippen LogP contribution >= 0.6 is 0 Å². The van der Waals surface area contributed by atoms with Crippen LogP contribution < -0.4 is 9.46 Å². The van der Waals surface area contributed by atoms with Gasteiger partial charge in [-0.1, -0.05) is 29.8 Å². The minimum absolute atomic E-state index is 0.288.